The first-order valence-corrected chi connectivity index (χ1v) is 8.21. The molecule has 1 fully saturated rings. The van der Waals surface area contributed by atoms with E-state index in [2.05, 4.69) is 40.3 Å². The minimum absolute atomic E-state index is 0.788. The molecule has 1 aliphatic rings. The Morgan fingerprint density at radius 3 is 2.89 bits per heavy atom. The van der Waals surface area contributed by atoms with Gasteiger partial charge in [-0.25, -0.2) is 0 Å². The van der Waals surface area contributed by atoms with Gasteiger partial charge in [0, 0.05) is 16.6 Å². The molecule has 0 unspecified atom stereocenters. The molecule has 0 amide bonds. The highest BCUT2D eigenvalue weighted by atomic mass is 79.9. The summed E-state index contributed by atoms with van der Waals surface area (Å²) in [5.74, 6) is 1.99. The van der Waals surface area contributed by atoms with Crippen LogP contribution in [0.2, 0.25) is 0 Å². The van der Waals surface area contributed by atoms with E-state index in [1.54, 1.807) is 0 Å². The summed E-state index contributed by atoms with van der Waals surface area (Å²) in [6.45, 7) is 4.93. The van der Waals surface area contributed by atoms with Crippen molar-refractivity contribution in [1.82, 2.24) is 5.32 Å². The van der Waals surface area contributed by atoms with Gasteiger partial charge >= 0.3 is 0 Å². The minimum atomic E-state index is 0.788. The van der Waals surface area contributed by atoms with Gasteiger partial charge < -0.3 is 10.1 Å². The number of hydrogen-bond donors (Lipinski definition) is 1. The van der Waals surface area contributed by atoms with Crippen LogP contribution in [0.4, 0.5) is 0 Å². The zero-order chi connectivity index (χ0) is 13.5. The van der Waals surface area contributed by atoms with Crippen LogP contribution in [0.1, 0.15) is 44.6 Å². The SMILES string of the molecule is CCCOc1ccc(Br)cc1CNCCC1CCC1. The third-order valence-electron chi connectivity index (χ3n) is 3.75. The molecule has 1 aromatic carbocycles. The van der Waals surface area contributed by atoms with E-state index in [9.17, 15) is 0 Å². The van der Waals surface area contributed by atoms with E-state index in [4.69, 9.17) is 4.74 Å². The molecule has 0 heterocycles. The van der Waals surface area contributed by atoms with Crippen molar-refractivity contribution in [3.63, 3.8) is 0 Å². The summed E-state index contributed by atoms with van der Waals surface area (Å²) in [5, 5.41) is 3.54. The minimum Gasteiger partial charge on any atom is -0.493 e. The van der Waals surface area contributed by atoms with E-state index in [1.165, 1.54) is 31.2 Å². The Labute approximate surface area is 125 Å². The van der Waals surface area contributed by atoms with Crippen molar-refractivity contribution in [2.45, 2.75) is 45.6 Å². The third-order valence-corrected chi connectivity index (χ3v) is 4.25. The predicted molar refractivity (Wildman–Crippen MR) is 83.6 cm³/mol. The molecule has 0 aliphatic heterocycles. The highest BCUT2D eigenvalue weighted by Crippen LogP contribution is 2.29. The van der Waals surface area contributed by atoms with Crippen molar-refractivity contribution >= 4 is 15.9 Å². The standard InChI is InChI=1S/C16H24BrNO/c1-2-10-19-16-7-6-15(17)11-14(16)12-18-9-8-13-4-3-5-13/h6-7,11,13,18H,2-5,8-10,12H2,1H3. The molecule has 3 heteroatoms. The fraction of sp³-hybridized carbons (Fsp3) is 0.625. The summed E-state index contributed by atoms with van der Waals surface area (Å²) in [7, 11) is 0. The van der Waals surface area contributed by atoms with Crippen molar-refractivity contribution in [2.24, 2.45) is 5.92 Å². The highest BCUT2D eigenvalue weighted by molar-refractivity contribution is 9.10. The van der Waals surface area contributed by atoms with E-state index in [0.717, 1.165) is 42.3 Å². The summed E-state index contributed by atoms with van der Waals surface area (Å²) < 4.78 is 6.91. The number of ether oxygens (including phenoxy) is 1. The van der Waals surface area contributed by atoms with E-state index < -0.39 is 0 Å². The van der Waals surface area contributed by atoms with Gasteiger partial charge in [0.15, 0.2) is 0 Å². The van der Waals surface area contributed by atoms with Gasteiger partial charge in [0.25, 0.3) is 0 Å². The lowest BCUT2D eigenvalue weighted by atomic mass is 9.83. The first-order chi connectivity index (χ1) is 9.29. The Bertz CT molecular complexity index is 390. The van der Waals surface area contributed by atoms with Gasteiger partial charge in [0.05, 0.1) is 6.61 Å². The first-order valence-electron chi connectivity index (χ1n) is 7.41. The van der Waals surface area contributed by atoms with Crippen molar-refractivity contribution in [3.05, 3.63) is 28.2 Å². The molecule has 19 heavy (non-hydrogen) atoms. The molecule has 0 bridgehead atoms. The summed E-state index contributed by atoms with van der Waals surface area (Å²) in [4.78, 5) is 0. The first kappa shape index (κ1) is 14.9. The molecule has 2 nitrogen and oxygen atoms in total. The van der Waals surface area contributed by atoms with Crippen molar-refractivity contribution in [3.8, 4) is 5.75 Å². The van der Waals surface area contributed by atoms with Crippen LogP contribution in [0.15, 0.2) is 22.7 Å². The zero-order valence-electron chi connectivity index (χ0n) is 11.8. The summed E-state index contributed by atoms with van der Waals surface area (Å²) in [6.07, 6.45) is 6.67. The third kappa shape index (κ3) is 4.81. The van der Waals surface area contributed by atoms with Crippen LogP contribution in [0, 0.1) is 5.92 Å². The Morgan fingerprint density at radius 1 is 1.37 bits per heavy atom. The molecule has 0 aromatic heterocycles. The molecule has 1 aliphatic carbocycles. The van der Waals surface area contributed by atoms with Crippen LogP contribution in [-0.2, 0) is 6.54 Å². The molecule has 1 saturated carbocycles. The normalized spacial score (nSPS) is 15.3. The van der Waals surface area contributed by atoms with Gasteiger partial charge in [-0.05, 0) is 43.5 Å². The Morgan fingerprint density at radius 2 is 2.21 bits per heavy atom. The van der Waals surface area contributed by atoms with Gasteiger partial charge in [-0.3, -0.25) is 0 Å². The number of benzene rings is 1. The summed E-state index contributed by atoms with van der Waals surface area (Å²) in [6, 6.07) is 6.26. The van der Waals surface area contributed by atoms with Crippen molar-refractivity contribution in [2.75, 3.05) is 13.2 Å². The average Bonchev–Trinajstić information content (AvgIpc) is 2.35. The van der Waals surface area contributed by atoms with E-state index >= 15 is 0 Å². The molecule has 1 N–H and O–H groups in total. The number of hydrogen-bond acceptors (Lipinski definition) is 2. The molecule has 1 aromatic rings. The van der Waals surface area contributed by atoms with Crippen LogP contribution in [0.3, 0.4) is 0 Å². The molecule has 2 rings (SSSR count). The van der Waals surface area contributed by atoms with Gasteiger partial charge in [-0.2, -0.15) is 0 Å². The van der Waals surface area contributed by atoms with Crippen LogP contribution < -0.4 is 10.1 Å². The van der Waals surface area contributed by atoms with Gasteiger partial charge in [0.1, 0.15) is 5.75 Å². The van der Waals surface area contributed by atoms with E-state index in [-0.39, 0.29) is 0 Å². The lowest BCUT2D eigenvalue weighted by molar-refractivity contribution is 0.290. The van der Waals surface area contributed by atoms with Crippen LogP contribution in [0.5, 0.6) is 5.75 Å². The van der Waals surface area contributed by atoms with Gasteiger partial charge in [-0.1, -0.05) is 42.1 Å². The monoisotopic (exact) mass is 325 g/mol. The van der Waals surface area contributed by atoms with E-state index in [0.29, 0.717) is 0 Å². The summed E-state index contributed by atoms with van der Waals surface area (Å²) >= 11 is 3.53. The predicted octanol–water partition coefficient (Wildman–Crippen LogP) is 4.52. The fourth-order valence-electron chi connectivity index (χ4n) is 2.35. The lowest BCUT2D eigenvalue weighted by Crippen LogP contribution is -2.21. The molecule has 0 saturated heterocycles. The Kier molecular flexibility index (Phi) is 6.18. The van der Waals surface area contributed by atoms with Gasteiger partial charge in [-0.15, -0.1) is 0 Å². The fourth-order valence-corrected chi connectivity index (χ4v) is 2.76. The topological polar surface area (TPSA) is 21.3 Å². The van der Waals surface area contributed by atoms with Gasteiger partial charge in [0.2, 0.25) is 0 Å². The van der Waals surface area contributed by atoms with Crippen LogP contribution in [0.25, 0.3) is 0 Å². The number of nitrogens with one attached hydrogen (secondary N) is 1. The van der Waals surface area contributed by atoms with Crippen molar-refractivity contribution < 1.29 is 4.74 Å². The molecular weight excluding hydrogens is 302 g/mol. The lowest BCUT2D eigenvalue weighted by Gasteiger charge is -2.25. The molecular formula is C16H24BrNO. The molecule has 0 spiro atoms. The maximum Gasteiger partial charge on any atom is 0.123 e. The smallest absolute Gasteiger partial charge is 0.123 e. The van der Waals surface area contributed by atoms with E-state index in [1.807, 2.05) is 6.07 Å². The molecule has 0 radical (unpaired) electrons. The summed E-state index contributed by atoms with van der Waals surface area (Å²) in [5.41, 5.74) is 1.25. The molecule has 106 valence electrons. The average molecular weight is 326 g/mol. The number of halogens is 1. The largest absolute Gasteiger partial charge is 0.493 e. The van der Waals surface area contributed by atoms with Crippen LogP contribution in [-0.4, -0.2) is 13.2 Å². The second-order valence-corrected chi connectivity index (χ2v) is 6.28. The maximum absolute atomic E-state index is 5.79. The Hall–Kier alpha value is -0.540. The second-order valence-electron chi connectivity index (χ2n) is 5.36. The van der Waals surface area contributed by atoms with Crippen LogP contribution >= 0.6 is 15.9 Å². The zero-order valence-corrected chi connectivity index (χ0v) is 13.3. The number of rotatable bonds is 8. The Balaban J connectivity index is 1.80. The maximum atomic E-state index is 5.79. The quantitative estimate of drug-likeness (QED) is 0.709. The molecule has 0 atom stereocenters. The van der Waals surface area contributed by atoms with Crippen molar-refractivity contribution in [1.29, 1.82) is 0 Å². The second kappa shape index (κ2) is 7.91. The highest BCUT2D eigenvalue weighted by Gasteiger charge is 2.16.